The molecule has 3 rings (SSSR count). The van der Waals surface area contributed by atoms with E-state index in [9.17, 15) is 20.3 Å². The molecule has 132 valence electrons. The van der Waals surface area contributed by atoms with Gasteiger partial charge >= 0.3 is 5.69 Å². The van der Waals surface area contributed by atoms with Crippen LogP contribution in [-0.4, -0.2) is 59.4 Å². The van der Waals surface area contributed by atoms with Gasteiger partial charge in [-0.2, -0.15) is 0 Å². The molecule has 0 aliphatic carbocycles. The Labute approximate surface area is 140 Å². The van der Waals surface area contributed by atoms with E-state index < -0.39 is 22.1 Å². The number of ether oxygens (including phenoxy) is 1. The average Bonchev–Trinajstić information content (AvgIpc) is 2.60. The lowest BCUT2D eigenvalue weighted by Gasteiger charge is -2.41. The van der Waals surface area contributed by atoms with Gasteiger partial charge in [-0.15, -0.1) is 0 Å². The first kappa shape index (κ1) is 16.9. The standard InChI is InChI=1S/C16H23N3O5/c20-14-10-12(9-13(16(14)21)19(22)23)15(11-1-7-24-8-2-11)18-5-3-17-4-6-18/h9-11,15,17,20-21H,1-8H2/t15-/m0/s1. The second-order valence-corrected chi connectivity index (χ2v) is 6.35. The molecule has 3 N–H and O–H groups in total. The largest absolute Gasteiger partial charge is 0.504 e. The van der Waals surface area contributed by atoms with Gasteiger partial charge in [0.25, 0.3) is 0 Å². The Morgan fingerprint density at radius 3 is 2.54 bits per heavy atom. The minimum Gasteiger partial charge on any atom is -0.504 e. The molecule has 0 aromatic heterocycles. The summed E-state index contributed by atoms with van der Waals surface area (Å²) in [5.74, 6) is -0.804. The maximum absolute atomic E-state index is 11.2. The van der Waals surface area contributed by atoms with Crippen molar-refractivity contribution in [2.24, 2.45) is 5.92 Å². The van der Waals surface area contributed by atoms with Gasteiger partial charge in [-0.25, -0.2) is 0 Å². The summed E-state index contributed by atoms with van der Waals surface area (Å²) < 4.78 is 5.45. The van der Waals surface area contributed by atoms with Crippen molar-refractivity contribution in [1.82, 2.24) is 10.2 Å². The number of phenols is 2. The second-order valence-electron chi connectivity index (χ2n) is 6.35. The summed E-state index contributed by atoms with van der Waals surface area (Å²) in [4.78, 5) is 12.8. The van der Waals surface area contributed by atoms with Gasteiger partial charge in [0.15, 0.2) is 5.75 Å². The number of phenolic OH excluding ortho intramolecular Hbond substituents is 2. The monoisotopic (exact) mass is 337 g/mol. The zero-order valence-corrected chi connectivity index (χ0v) is 13.5. The van der Waals surface area contributed by atoms with Crippen molar-refractivity contribution < 1.29 is 19.9 Å². The molecule has 0 radical (unpaired) electrons. The minimum absolute atomic E-state index is 0.0267. The van der Waals surface area contributed by atoms with Crippen LogP contribution in [0.15, 0.2) is 12.1 Å². The molecule has 0 unspecified atom stereocenters. The molecule has 2 saturated heterocycles. The van der Waals surface area contributed by atoms with Crippen LogP contribution in [0.2, 0.25) is 0 Å². The Hall–Kier alpha value is -1.90. The van der Waals surface area contributed by atoms with Crippen LogP contribution >= 0.6 is 0 Å². The lowest BCUT2D eigenvalue weighted by Crippen LogP contribution is -2.47. The number of rotatable bonds is 4. The smallest absolute Gasteiger partial charge is 0.314 e. The quantitative estimate of drug-likeness (QED) is 0.433. The van der Waals surface area contributed by atoms with Gasteiger partial charge in [0.1, 0.15) is 0 Å². The highest BCUT2D eigenvalue weighted by Crippen LogP contribution is 2.42. The molecule has 0 amide bonds. The molecule has 1 aromatic rings. The van der Waals surface area contributed by atoms with Crippen LogP contribution in [0.1, 0.15) is 24.4 Å². The zero-order chi connectivity index (χ0) is 17.1. The van der Waals surface area contributed by atoms with Crippen molar-refractivity contribution in [3.05, 3.63) is 27.8 Å². The van der Waals surface area contributed by atoms with E-state index in [2.05, 4.69) is 10.2 Å². The SMILES string of the molecule is O=[N+]([O-])c1cc([C@H](C2CCOCC2)N2CCNCC2)cc(O)c1O. The van der Waals surface area contributed by atoms with Crippen LogP contribution in [0.5, 0.6) is 11.5 Å². The van der Waals surface area contributed by atoms with Crippen molar-refractivity contribution >= 4 is 5.69 Å². The molecule has 8 heteroatoms. The van der Waals surface area contributed by atoms with E-state index in [4.69, 9.17) is 4.74 Å². The molecule has 1 aromatic carbocycles. The maximum atomic E-state index is 11.2. The molecule has 0 saturated carbocycles. The molecule has 0 spiro atoms. The van der Waals surface area contributed by atoms with Crippen molar-refractivity contribution in [3.8, 4) is 11.5 Å². The average molecular weight is 337 g/mol. The first-order valence-electron chi connectivity index (χ1n) is 8.30. The highest BCUT2D eigenvalue weighted by molar-refractivity contribution is 5.57. The molecule has 2 aliphatic heterocycles. The summed E-state index contributed by atoms with van der Waals surface area (Å²) in [6.07, 6.45) is 1.76. The lowest BCUT2D eigenvalue weighted by atomic mass is 9.85. The van der Waals surface area contributed by atoms with Crippen molar-refractivity contribution in [1.29, 1.82) is 0 Å². The van der Waals surface area contributed by atoms with Gasteiger partial charge in [0.05, 0.1) is 4.92 Å². The van der Waals surface area contributed by atoms with E-state index >= 15 is 0 Å². The summed E-state index contributed by atoms with van der Waals surface area (Å²) in [5.41, 5.74) is 0.239. The van der Waals surface area contributed by atoms with E-state index in [1.165, 1.54) is 12.1 Å². The fourth-order valence-corrected chi connectivity index (χ4v) is 3.71. The maximum Gasteiger partial charge on any atom is 0.314 e. The van der Waals surface area contributed by atoms with Crippen LogP contribution in [0.4, 0.5) is 5.69 Å². The van der Waals surface area contributed by atoms with Crippen LogP contribution in [0.3, 0.4) is 0 Å². The Balaban J connectivity index is 1.99. The molecule has 1 atom stereocenters. The third-order valence-electron chi connectivity index (χ3n) is 4.89. The number of aromatic hydroxyl groups is 2. The molecule has 0 bridgehead atoms. The highest BCUT2D eigenvalue weighted by Gasteiger charge is 2.33. The van der Waals surface area contributed by atoms with E-state index in [0.29, 0.717) is 24.7 Å². The predicted octanol–water partition coefficient (Wildman–Crippen LogP) is 1.38. The van der Waals surface area contributed by atoms with E-state index in [1.54, 1.807) is 0 Å². The predicted molar refractivity (Wildman–Crippen MR) is 87.2 cm³/mol. The van der Waals surface area contributed by atoms with E-state index in [-0.39, 0.29) is 6.04 Å². The Bertz CT molecular complexity index is 580. The first-order valence-corrected chi connectivity index (χ1v) is 8.30. The number of nitro benzene ring substituents is 1. The summed E-state index contributed by atoms with van der Waals surface area (Å²) in [5, 5.41) is 34.2. The van der Waals surface area contributed by atoms with Gasteiger partial charge < -0.3 is 20.3 Å². The molecule has 8 nitrogen and oxygen atoms in total. The lowest BCUT2D eigenvalue weighted by molar-refractivity contribution is -0.386. The summed E-state index contributed by atoms with van der Waals surface area (Å²) in [6, 6.07) is 2.84. The van der Waals surface area contributed by atoms with Crippen molar-refractivity contribution in [3.63, 3.8) is 0 Å². The molecule has 2 aliphatic rings. The molecular weight excluding hydrogens is 314 g/mol. The van der Waals surface area contributed by atoms with E-state index in [0.717, 1.165) is 39.0 Å². The second kappa shape index (κ2) is 7.33. The van der Waals surface area contributed by atoms with Gasteiger partial charge in [0, 0.05) is 51.5 Å². The number of hydrogen-bond acceptors (Lipinski definition) is 7. The Morgan fingerprint density at radius 1 is 1.25 bits per heavy atom. The normalized spacial score (nSPS) is 21.5. The van der Waals surface area contributed by atoms with Crippen molar-refractivity contribution in [2.75, 3.05) is 39.4 Å². The van der Waals surface area contributed by atoms with Gasteiger partial charge in [-0.3, -0.25) is 15.0 Å². The summed E-state index contributed by atoms with van der Waals surface area (Å²) in [6.45, 7) is 4.78. The number of nitro groups is 1. The minimum atomic E-state index is -0.671. The van der Waals surface area contributed by atoms with Gasteiger partial charge in [-0.1, -0.05) is 0 Å². The highest BCUT2D eigenvalue weighted by atomic mass is 16.6. The zero-order valence-electron chi connectivity index (χ0n) is 13.5. The molecule has 2 fully saturated rings. The number of hydrogen-bond donors (Lipinski definition) is 3. The van der Waals surface area contributed by atoms with Crippen LogP contribution in [-0.2, 0) is 4.74 Å². The van der Waals surface area contributed by atoms with E-state index in [1.807, 2.05) is 0 Å². The third-order valence-corrected chi connectivity index (χ3v) is 4.89. The van der Waals surface area contributed by atoms with Crippen molar-refractivity contribution in [2.45, 2.75) is 18.9 Å². The third kappa shape index (κ3) is 3.45. The van der Waals surface area contributed by atoms with Gasteiger partial charge in [-0.05, 0) is 30.4 Å². The number of piperazine rings is 1. The number of benzene rings is 1. The summed E-state index contributed by atoms with van der Waals surface area (Å²) >= 11 is 0. The fraction of sp³-hybridized carbons (Fsp3) is 0.625. The van der Waals surface area contributed by atoms with Crippen LogP contribution < -0.4 is 5.32 Å². The van der Waals surface area contributed by atoms with Crippen LogP contribution in [0.25, 0.3) is 0 Å². The molecular formula is C16H23N3O5. The topological polar surface area (TPSA) is 108 Å². The summed E-state index contributed by atoms with van der Waals surface area (Å²) in [7, 11) is 0. The molecule has 2 heterocycles. The fourth-order valence-electron chi connectivity index (χ4n) is 3.71. The molecule has 24 heavy (non-hydrogen) atoms. The van der Waals surface area contributed by atoms with Gasteiger partial charge in [0.2, 0.25) is 5.75 Å². The first-order chi connectivity index (χ1) is 11.6. The number of nitrogens with zero attached hydrogens (tertiary/aromatic N) is 2. The number of nitrogens with one attached hydrogen (secondary N) is 1. The van der Waals surface area contributed by atoms with Crippen LogP contribution in [0, 0.1) is 16.0 Å². The Kier molecular flexibility index (Phi) is 5.17. The Morgan fingerprint density at radius 2 is 1.92 bits per heavy atom.